The Kier molecular flexibility index (Phi) is 4.98. The molecule has 110 valence electrons. The molecule has 0 radical (unpaired) electrons. The molecular formula is C10H15F3N2O4. The van der Waals surface area contributed by atoms with Gasteiger partial charge in [0.15, 0.2) is 0 Å². The van der Waals surface area contributed by atoms with Crippen molar-refractivity contribution < 1.29 is 33.0 Å². The van der Waals surface area contributed by atoms with Crippen LogP contribution in [-0.4, -0.2) is 58.5 Å². The van der Waals surface area contributed by atoms with Crippen molar-refractivity contribution in [3.63, 3.8) is 0 Å². The minimum Gasteiger partial charge on any atom is -0.480 e. The van der Waals surface area contributed by atoms with E-state index in [4.69, 9.17) is 5.11 Å². The van der Waals surface area contributed by atoms with Gasteiger partial charge in [-0.3, -0.25) is 0 Å². The van der Waals surface area contributed by atoms with Crippen molar-refractivity contribution >= 4 is 12.0 Å². The highest BCUT2D eigenvalue weighted by Crippen LogP contribution is 2.21. The van der Waals surface area contributed by atoms with Crippen LogP contribution in [0.1, 0.15) is 19.3 Å². The second kappa shape index (κ2) is 6.09. The van der Waals surface area contributed by atoms with Crippen LogP contribution in [-0.2, 0) is 4.79 Å². The summed E-state index contributed by atoms with van der Waals surface area (Å²) in [6.07, 6.45) is -6.58. The van der Waals surface area contributed by atoms with Crippen molar-refractivity contribution in [1.29, 1.82) is 0 Å². The number of carbonyl (C=O) groups excluding carboxylic acids is 1. The number of nitrogens with one attached hydrogen (secondary N) is 1. The lowest BCUT2D eigenvalue weighted by Crippen LogP contribution is -2.46. The summed E-state index contributed by atoms with van der Waals surface area (Å²) in [5, 5.41) is 20.4. The summed E-state index contributed by atoms with van der Waals surface area (Å²) in [5.41, 5.74) is 0. The zero-order chi connectivity index (χ0) is 14.6. The quantitative estimate of drug-likeness (QED) is 0.658. The molecule has 1 unspecified atom stereocenters. The number of carbonyl (C=O) groups is 2. The topological polar surface area (TPSA) is 89.9 Å². The van der Waals surface area contributed by atoms with E-state index in [0.717, 1.165) is 4.90 Å². The summed E-state index contributed by atoms with van der Waals surface area (Å²) in [6, 6.07) is -1.91. The SMILES string of the molecule is O=C(O)[C@@H]1CC(O)CN1C(=O)NCCCC(F)(F)F. The lowest BCUT2D eigenvalue weighted by atomic mass is 10.2. The van der Waals surface area contributed by atoms with Crippen LogP contribution < -0.4 is 5.32 Å². The van der Waals surface area contributed by atoms with Gasteiger partial charge in [0.1, 0.15) is 6.04 Å². The maximum absolute atomic E-state index is 11.9. The third-order valence-electron chi connectivity index (χ3n) is 2.74. The lowest BCUT2D eigenvalue weighted by Gasteiger charge is -2.21. The molecule has 0 spiro atoms. The third kappa shape index (κ3) is 4.93. The van der Waals surface area contributed by atoms with E-state index < -0.39 is 36.7 Å². The number of aliphatic hydroxyl groups excluding tert-OH is 1. The van der Waals surface area contributed by atoms with Gasteiger partial charge >= 0.3 is 18.2 Å². The first-order valence-electron chi connectivity index (χ1n) is 5.73. The zero-order valence-corrected chi connectivity index (χ0v) is 9.98. The van der Waals surface area contributed by atoms with Gasteiger partial charge in [0, 0.05) is 25.9 Å². The molecular weight excluding hydrogens is 269 g/mol. The number of carboxylic acid groups (broad SMARTS) is 1. The van der Waals surface area contributed by atoms with Gasteiger partial charge in [-0.05, 0) is 6.42 Å². The fourth-order valence-electron chi connectivity index (χ4n) is 1.86. The molecule has 0 aliphatic carbocycles. The highest BCUT2D eigenvalue weighted by atomic mass is 19.4. The van der Waals surface area contributed by atoms with E-state index >= 15 is 0 Å². The number of aliphatic hydroxyl groups is 1. The van der Waals surface area contributed by atoms with Gasteiger partial charge in [-0.1, -0.05) is 0 Å². The van der Waals surface area contributed by atoms with E-state index in [1.54, 1.807) is 0 Å². The lowest BCUT2D eigenvalue weighted by molar-refractivity contribution is -0.141. The molecule has 19 heavy (non-hydrogen) atoms. The van der Waals surface area contributed by atoms with Gasteiger partial charge in [-0.25, -0.2) is 9.59 Å². The van der Waals surface area contributed by atoms with Crippen LogP contribution in [0.5, 0.6) is 0 Å². The van der Waals surface area contributed by atoms with Crippen molar-refractivity contribution in [2.45, 2.75) is 37.6 Å². The number of aliphatic carboxylic acids is 1. The van der Waals surface area contributed by atoms with E-state index in [-0.39, 0.29) is 25.9 Å². The molecule has 1 heterocycles. The van der Waals surface area contributed by atoms with Crippen LogP contribution in [0.15, 0.2) is 0 Å². The van der Waals surface area contributed by atoms with Gasteiger partial charge in [-0.2, -0.15) is 13.2 Å². The molecule has 9 heteroatoms. The average molecular weight is 284 g/mol. The molecule has 0 saturated carbocycles. The normalized spacial score (nSPS) is 23.5. The molecule has 2 atom stereocenters. The average Bonchev–Trinajstić information content (AvgIpc) is 2.65. The van der Waals surface area contributed by atoms with E-state index in [1.165, 1.54) is 0 Å². The van der Waals surface area contributed by atoms with Gasteiger partial charge in [0.05, 0.1) is 6.10 Å². The summed E-state index contributed by atoms with van der Waals surface area (Å²) < 4.78 is 35.6. The van der Waals surface area contributed by atoms with Crippen LogP contribution in [0.25, 0.3) is 0 Å². The molecule has 0 aromatic carbocycles. The Morgan fingerprint density at radius 3 is 2.53 bits per heavy atom. The van der Waals surface area contributed by atoms with Crippen LogP contribution in [0.4, 0.5) is 18.0 Å². The molecule has 0 bridgehead atoms. The fourth-order valence-corrected chi connectivity index (χ4v) is 1.86. The molecule has 6 nitrogen and oxygen atoms in total. The maximum Gasteiger partial charge on any atom is 0.389 e. The Labute approximate surface area is 107 Å². The van der Waals surface area contributed by atoms with E-state index in [1.807, 2.05) is 0 Å². The number of carboxylic acids is 1. The maximum atomic E-state index is 11.9. The third-order valence-corrected chi connectivity index (χ3v) is 2.74. The number of urea groups is 1. The standard InChI is InChI=1S/C10H15F3N2O4/c11-10(12,13)2-1-3-14-9(19)15-5-6(16)4-7(15)8(17)18/h6-7,16H,1-5H2,(H,14,19)(H,17,18)/t6?,7-/m0/s1. The largest absolute Gasteiger partial charge is 0.480 e. The number of nitrogens with zero attached hydrogens (tertiary/aromatic N) is 1. The Bertz CT molecular complexity index is 348. The summed E-state index contributed by atoms with van der Waals surface area (Å²) in [7, 11) is 0. The predicted molar refractivity (Wildman–Crippen MR) is 57.4 cm³/mol. The molecule has 0 aromatic heterocycles. The van der Waals surface area contributed by atoms with Crippen LogP contribution >= 0.6 is 0 Å². The number of halogens is 3. The molecule has 2 amide bonds. The van der Waals surface area contributed by atoms with E-state index in [2.05, 4.69) is 5.32 Å². The van der Waals surface area contributed by atoms with Crippen LogP contribution in [0, 0.1) is 0 Å². The zero-order valence-electron chi connectivity index (χ0n) is 9.98. The highest BCUT2D eigenvalue weighted by Gasteiger charge is 2.38. The molecule has 1 aliphatic rings. The van der Waals surface area contributed by atoms with Crippen molar-refractivity contribution in [3.8, 4) is 0 Å². The highest BCUT2D eigenvalue weighted by molar-refractivity contribution is 5.83. The van der Waals surface area contributed by atoms with Crippen molar-refractivity contribution in [1.82, 2.24) is 10.2 Å². The molecule has 1 saturated heterocycles. The number of hydrogen-bond acceptors (Lipinski definition) is 3. The Morgan fingerprint density at radius 2 is 2.00 bits per heavy atom. The number of amides is 2. The van der Waals surface area contributed by atoms with Gasteiger partial charge in [0.25, 0.3) is 0 Å². The summed E-state index contributed by atoms with van der Waals surface area (Å²) in [6.45, 7) is -0.334. The molecule has 3 N–H and O–H groups in total. The fraction of sp³-hybridized carbons (Fsp3) is 0.800. The van der Waals surface area contributed by atoms with Gasteiger partial charge in [0.2, 0.25) is 0 Å². The van der Waals surface area contributed by atoms with Gasteiger partial charge in [-0.15, -0.1) is 0 Å². The molecule has 1 aliphatic heterocycles. The summed E-state index contributed by atoms with van der Waals surface area (Å²) in [5.74, 6) is -1.25. The minimum absolute atomic E-state index is 0.0781. The van der Waals surface area contributed by atoms with E-state index in [9.17, 15) is 27.9 Å². The number of alkyl halides is 3. The smallest absolute Gasteiger partial charge is 0.389 e. The number of likely N-dealkylation sites (tertiary alicyclic amines) is 1. The number of hydrogen-bond donors (Lipinski definition) is 3. The number of β-amino-alcohol motifs (C(OH)–C–C–N with tert-alkyl or cyclic N) is 1. The predicted octanol–water partition coefficient (Wildman–Crippen LogP) is 0.558. The molecule has 1 rings (SSSR count). The van der Waals surface area contributed by atoms with Crippen LogP contribution in [0.2, 0.25) is 0 Å². The first-order chi connectivity index (χ1) is 8.70. The Balaban J connectivity index is 2.38. The van der Waals surface area contributed by atoms with Crippen molar-refractivity contribution in [2.75, 3.05) is 13.1 Å². The minimum atomic E-state index is -4.28. The number of rotatable bonds is 4. The first-order valence-corrected chi connectivity index (χ1v) is 5.73. The molecule has 1 fully saturated rings. The van der Waals surface area contributed by atoms with Crippen molar-refractivity contribution in [3.05, 3.63) is 0 Å². The summed E-state index contributed by atoms with van der Waals surface area (Å²) >= 11 is 0. The monoisotopic (exact) mass is 284 g/mol. The molecule has 0 aromatic rings. The van der Waals surface area contributed by atoms with Crippen LogP contribution in [0.3, 0.4) is 0 Å². The Hall–Kier alpha value is -1.51. The second-order valence-corrected chi connectivity index (χ2v) is 4.35. The van der Waals surface area contributed by atoms with E-state index in [0.29, 0.717) is 0 Å². The van der Waals surface area contributed by atoms with Gasteiger partial charge < -0.3 is 20.4 Å². The second-order valence-electron chi connectivity index (χ2n) is 4.35. The van der Waals surface area contributed by atoms with Crippen molar-refractivity contribution in [2.24, 2.45) is 0 Å². The summed E-state index contributed by atoms with van der Waals surface area (Å²) in [4.78, 5) is 23.3. The first kappa shape index (κ1) is 15.5. The Morgan fingerprint density at radius 1 is 1.37 bits per heavy atom.